The van der Waals surface area contributed by atoms with E-state index in [1.807, 2.05) is 12.1 Å². The molecule has 0 spiro atoms. The first-order valence-electron chi connectivity index (χ1n) is 13.8. The van der Waals surface area contributed by atoms with Gasteiger partial charge in [0.05, 0.1) is 23.9 Å². The Morgan fingerprint density at radius 1 is 1.19 bits per heavy atom. The van der Waals surface area contributed by atoms with Gasteiger partial charge in [-0.1, -0.05) is 23.4 Å². The molecule has 1 aliphatic rings. The number of nitrogens with zero attached hydrogens (tertiary/aromatic N) is 5. The molecule has 0 bridgehead atoms. The monoisotopic (exact) mass is 595 g/mol. The van der Waals surface area contributed by atoms with Crippen molar-refractivity contribution >= 4 is 52.2 Å². The molecule has 1 aromatic carbocycles. The standard InChI is InChI=1S/C29H34ClN7O5/c1-5-41-28(40)37-23-16-21(13-12-19(23)18-33-37)34-26-32-17-20(24(30)35-26)10-7-6-8-14-31-25(38)22-11-9-15-36(22)27(39)42-29(2,3)4/h12-13,16-18,22H,5-6,8-9,11,14-15H2,1-4H3,(H,31,38)(H,32,34,35)/t22-/m0/s1. The number of unbranched alkanes of at least 4 members (excludes halogenated alkanes) is 1. The smallest absolute Gasteiger partial charge is 0.435 e. The molecule has 1 aliphatic heterocycles. The van der Waals surface area contributed by atoms with Gasteiger partial charge in [-0.05, 0) is 65.2 Å². The Morgan fingerprint density at radius 3 is 2.74 bits per heavy atom. The van der Waals surface area contributed by atoms with E-state index < -0.39 is 23.8 Å². The summed E-state index contributed by atoms with van der Waals surface area (Å²) >= 11 is 6.34. The van der Waals surface area contributed by atoms with Crippen LogP contribution in [0.5, 0.6) is 0 Å². The fourth-order valence-electron chi connectivity index (χ4n) is 4.30. The van der Waals surface area contributed by atoms with Gasteiger partial charge in [-0.3, -0.25) is 9.69 Å². The molecule has 0 aliphatic carbocycles. The Kier molecular flexibility index (Phi) is 9.85. The molecule has 1 atom stereocenters. The van der Waals surface area contributed by atoms with Gasteiger partial charge in [0.25, 0.3) is 0 Å². The largest absolute Gasteiger partial charge is 0.448 e. The van der Waals surface area contributed by atoms with Crippen molar-refractivity contribution in [1.29, 1.82) is 0 Å². The molecule has 0 unspecified atom stereocenters. The Labute approximate surface area is 249 Å². The predicted octanol–water partition coefficient (Wildman–Crippen LogP) is 4.88. The number of halogens is 1. The molecule has 0 saturated carbocycles. The van der Waals surface area contributed by atoms with Gasteiger partial charge < -0.3 is 20.1 Å². The van der Waals surface area contributed by atoms with Gasteiger partial charge in [0.15, 0.2) is 0 Å². The van der Waals surface area contributed by atoms with Crippen LogP contribution in [0.3, 0.4) is 0 Å². The maximum Gasteiger partial charge on any atom is 0.435 e. The van der Waals surface area contributed by atoms with Gasteiger partial charge in [-0.2, -0.15) is 14.8 Å². The number of carbonyl (C=O) groups is 3. The van der Waals surface area contributed by atoms with E-state index in [4.69, 9.17) is 21.1 Å². The summed E-state index contributed by atoms with van der Waals surface area (Å²) in [5.41, 5.74) is 1.07. The Morgan fingerprint density at radius 2 is 2.00 bits per heavy atom. The van der Waals surface area contributed by atoms with Crippen molar-refractivity contribution in [3.05, 3.63) is 41.3 Å². The second-order valence-corrected chi connectivity index (χ2v) is 10.9. The summed E-state index contributed by atoms with van der Waals surface area (Å²) < 4.78 is 11.7. The van der Waals surface area contributed by atoms with Crippen LogP contribution in [0, 0.1) is 11.8 Å². The van der Waals surface area contributed by atoms with Gasteiger partial charge >= 0.3 is 12.2 Å². The van der Waals surface area contributed by atoms with Crippen LogP contribution in [0.15, 0.2) is 30.6 Å². The predicted molar refractivity (Wildman–Crippen MR) is 158 cm³/mol. The van der Waals surface area contributed by atoms with Crippen LogP contribution in [0.2, 0.25) is 5.15 Å². The second-order valence-electron chi connectivity index (χ2n) is 10.6. The summed E-state index contributed by atoms with van der Waals surface area (Å²) in [7, 11) is 0. The van der Waals surface area contributed by atoms with Crippen molar-refractivity contribution in [2.45, 2.75) is 65.0 Å². The van der Waals surface area contributed by atoms with Crippen molar-refractivity contribution in [2.75, 3.05) is 25.0 Å². The van der Waals surface area contributed by atoms with E-state index in [0.717, 1.165) is 11.8 Å². The van der Waals surface area contributed by atoms with Crippen LogP contribution in [0.1, 0.15) is 58.9 Å². The molecule has 0 radical (unpaired) electrons. The molecule has 4 rings (SSSR count). The Bertz CT molecular complexity index is 1520. The summed E-state index contributed by atoms with van der Waals surface area (Å²) in [4.78, 5) is 47.3. The molecule has 12 nitrogen and oxygen atoms in total. The molecular formula is C29H34ClN7O5. The van der Waals surface area contributed by atoms with Crippen molar-refractivity contribution in [3.63, 3.8) is 0 Å². The van der Waals surface area contributed by atoms with Crippen molar-refractivity contribution in [3.8, 4) is 11.8 Å². The van der Waals surface area contributed by atoms with Crippen molar-refractivity contribution in [2.24, 2.45) is 0 Å². The lowest BCUT2D eigenvalue weighted by Gasteiger charge is -2.28. The highest BCUT2D eigenvalue weighted by atomic mass is 35.5. The highest BCUT2D eigenvalue weighted by Gasteiger charge is 2.36. The summed E-state index contributed by atoms with van der Waals surface area (Å²) in [5.74, 6) is 6.07. The molecular weight excluding hydrogens is 562 g/mol. The minimum absolute atomic E-state index is 0.185. The average Bonchev–Trinajstić information content (AvgIpc) is 3.58. The van der Waals surface area contributed by atoms with Gasteiger partial charge in [-0.15, -0.1) is 0 Å². The molecule has 3 aromatic rings. The number of hydrogen-bond donors (Lipinski definition) is 2. The van der Waals surface area contributed by atoms with Crippen LogP contribution < -0.4 is 10.6 Å². The van der Waals surface area contributed by atoms with Crippen LogP contribution in [-0.4, -0.2) is 74.1 Å². The van der Waals surface area contributed by atoms with E-state index in [1.54, 1.807) is 40.0 Å². The fraction of sp³-hybridized carbons (Fsp3) is 0.448. The maximum absolute atomic E-state index is 12.6. The van der Waals surface area contributed by atoms with E-state index >= 15 is 0 Å². The van der Waals surface area contributed by atoms with E-state index in [2.05, 4.69) is 37.5 Å². The zero-order valence-corrected chi connectivity index (χ0v) is 24.8. The minimum Gasteiger partial charge on any atom is -0.448 e. The number of carbonyl (C=O) groups excluding carboxylic acids is 3. The number of benzene rings is 1. The lowest BCUT2D eigenvalue weighted by Crippen LogP contribution is -2.47. The van der Waals surface area contributed by atoms with Gasteiger partial charge in [-0.25, -0.2) is 14.6 Å². The molecule has 1 fully saturated rings. The number of fused-ring (bicyclic) bond motifs is 1. The third kappa shape index (κ3) is 7.88. The summed E-state index contributed by atoms with van der Waals surface area (Å²) in [6.45, 7) is 8.31. The molecule has 2 amide bonds. The number of aromatic nitrogens is 4. The number of ether oxygens (including phenoxy) is 2. The summed E-state index contributed by atoms with van der Waals surface area (Å²) in [6, 6.07) is 4.85. The highest BCUT2D eigenvalue weighted by molar-refractivity contribution is 6.30. The maximum atomic E-state index is 12.6. The topological polar surface area (TPSA) is 141 Å². The average molecular weight is 596 g/mol. The second kappa shape index (κ2) is 13.5. The molecule has 42 heavy (non-hydrogen) atoms. The van der Waals surface area contributed by atoms with E-state index in [9.17, 15) is 14.4 Å². The van der Waals surface area contributed by atoms with Crippen molar-refractivity contribution in [1.82, 2.24) is 30.0 Å². The SMILES string of the molecule is CCOC(=O)n1ncc2ccc(Nc3ncc(C#CCCCNC(=O)[C@@H]4CCCN4C(=O)OC(C)(C)C)c(Cl)n3)cc21. The quantitative estimate of drug-likeness (QED) is 0.222. The van der Waals surface area contributed by atoms with E-state index in [1.165, 1.54) is 15.8 Å². The number of anilines is 2. The van der Waals surface area contributed by atoms with Gasteiger partial charge in [0.2, 0.25) is 11.9 Å². The first-order valence-corrected chi connectivity index (χ1v) is 14.1. The number of hydrogen-bond acceptors (Lipinski definition) is 9. The zero-order valence-electron chi connectivity index (χ0n) is 24.1. The van der Waals surface area contributed by atoms with Crippen LogP contribution in [0.4, 0.5) is 21.2 Å². The molecule has 2 aromatic heterocycles. The number of nitrogens with one attached hydrogen (secondary N) is 2. The summed E-state index contributed by atoms with van der Waals surface area (Å²) in [6.07, 6.45) is 4.60. The van der Waals surface area contributed by atoms with Crippen LogP contribution >= 0.6 is 11.6 Å². The van der Waals surface area contributed by atoms with Gasteiger partial charge in [0.1, 0.15) is 16.8 Å². The molecule has 222 valence electrons. The molecule has 1 saturated heterocycles. The lowest BCUT2D eigenvalue weighted by atomic mass is 10.2. The highest BCUT2D eigenvalue weighted by Crippen LogP contribution is 2.23. The third-order valence-electron chi connectivity index (χ3n) is 6.19. The Balaban J connectivity index is 1.27. The number of rotatable bonds is 7. The van der Waals surface area contributed by atoms with Crippen LogP contribution in [0.25, 0.3) is 10.9 Å². The first kappa shape index (κ1) is 30.6. The normalized spacial score (nSPS) is 14.7. The fourth-order valence-corrected chi connectivity index (χ4v) is 4.48. The summed E-state index contributed by atoms with van der Waals surface area (Å²) in [5, 5.41) is 11.0. The van der Waals surface area contributed by atoms with E-state index in [0.29, 0.717) is 49.1 Å². The Hall–Kier alpha value is -4.37. The van der Waals surface area contributed by atoms with E-state index in [-0.39, 0.29) is 23.6 Å². The lowest BCUT2D eigenvalue weighted by molar-refractivity contribution is -0.125. The molecule has 3 heterocycles. The van der Waals surface area contributed by atoms with Crippen molar-refractivity contribution < 1.29 is 23.9 Å². The zero-order chi connectivity index (χ0) is 30.3. The molecule has 13 heteroatoms. The van der Waals surface area contributed by atoms with Gasteiger partial charge in [0, 0.05) is 36.8 Å². The van der Waals surface area contributed by atoms with Crippen LogP contribution in [-0.2, 0) is 14.3 Å². The third-order valence-corrected chi connectivity index (χ3v) is 6.48. The first-order chi connectivity index (χ1) is 20.1. The number of likely N-dealkylation sites (tertiary alicyclic amines) is 1. The molecule has 2 N–H and O–H groups in total. The number of amides is 2. The minimum atomic E-state index is -0.614.